The third-order valence-corrected chi connectivity index (χ3v) is 3.09. The summed E-state index contributed by atoms with van der Waals surface area (Å²) >= 11 is 0. The van der Waals surface area contributed by atoms with Crippen molar-refractivity contribution >= 4 is 17.2 Å². The summed E-state index contributed by atoms with van der Waals surface area (Å²) in [5, 5.41) is 11.3. The standard InChI is InChI=1S/C15H19N3O6/c1-4-22-14(19)10(9-17(2)3)13-12(18(20)21)6-5-11(16-13)15-23-7-8-24-15/h5-6,9,15H,4,7-8H2,1-3H3. The van der Waals surface area contributed by atoms with Crippen molar-refractivity contribution in [2.24, 2.45) is 0 Å². The van der Waals surface area contributed by atoms with E-state index in [1.165, 1.54) is 18.3 Å². The molecule has 2 rings (SSSR count). The SMILES string of the molecule is CCOC(=O)C(=CN(C)C)c1nc(C2OCCO2)ccc1[N+](=O)[O-]. The zero-order valence-corrected chi connectivity index (χ0v) is 13.7. The van der Waals surface area contributed by atoms with Crippen molar-refractivity contribution in [1.29, 1.82) is 0 Å². The molecule has 1 aromatic heterocycles. The molecule has 0 aromatic carbocycles. The number of carbonyl (C=O) groups excluding carboxylic acids is 1. The fraction of sp³-hybridized carbons (Fsp3) is 0.467. The third kappa shape index (κ3) is 4.06. The molecule has 0 N–H and O–H groups in total. The van der Waals surface area contributed by atoms with E-state index in [-0.39, 0.29) is 23.6 Å². The maximum Gasteiger partial charge on any atom is 0.342 e. The topological polar surface area (TPSA) is 104 Å². The summed E-state index contributed by atoms with van der Waals surface area (Å²) in [5.74, 6) is -0.688. The summed E-state index contributed by atoms with van der Waals surface area (Å²) in [7, 11) is 3.39. The van der Waals surface area contributed by atoms with Gasteiger partial charge in [0.1, 0.15) is 5.57 Å². The Kier molecular flexibility index (Phi) is 5.83. The van der Waals surface area contributed by atoms with E-state index in [2.05, 4.69) is 4.98 Å². The van der Waals surface area contributed by atoms with Crippen LogP contribution in [0.5, 0.6) is 0 Å². The van der Waals surface area contributed by atoms with Gasteiger partial charge in [-0.1, -0.05) is 0 Å². The molecule has 24 heavy (non-hydrogen) atoms. The van der Waals surface area contributed by atoms with Gasteiger partial charge in [-0.25, -0.2) is 9.78 Å². The van der Waals surface area contributed by atoms with Crippen LogP contribution in [0.25, 0.3) is 5.57 Å². The van der Waals surface area contributed by atoms with Gasteiger partial charge in [0.2, 0.25) is 6.29 Å². The largest absolute Gasteiger partial charge is 0.462 e. The lowest BCUT2D eigenvalue weighted by molar-refractivity contribution is -0.385. The van der Waals surface area contributed by atoms with Crippen LogP contribution in [0.3, 0.4) is 0 Å². The first-order chi connectivity index (χ1) is 11.4. The van der Waals surface area contributed by atoms with Crippen molar-refractivity contribution in [3.05, 3.63) is 39.8 Å². The van der Waals surface area contributed by atoms with Gasteiger partial charge in [-0.2, -0.15) is 0 Å². The molecule has 0 aliphatic carbocycles. The molecule has 9 nitrogen and oxygen atoms in total. The van der Waals surface area contributed by atoms with Gasteiger partial charge in [0.25, 0.3) is 5.69 Å². The number of esters is 1. The Morgan fingerprint density at radius 3 is 2.67 bits per heavy atom. The van der Waals surface area contributed by atoms with Crippen LogP contribution in [0.1, 0.15) is 24.6 Å². The van der Waals surface area contributed by atoms with Crippen molar-refractivity contribution in [1.82, 2.24) is 9.88 Å². The highest BCUT2D eigenvalue weighted by Crippen LogP contribution is 2.29. The second-order valence-corrected chi connectivity index (χ2v) is 5.16. The van der Waals surface area contributed by atoms with E-state index in [0.717, 1.165) is 0 Å². The van der Waals surface area contributed by atoms with Crippen molar-refractivity contribution in [2.75, 3.05) is 33.9 Å². The highest BCUT2D eigenvalue weighted by Gasteiger charge is 2.28. The molecule has 1 aliphatic heterocycles. The van der Waals surface area contributed by atoms with E-state index in [0.29, 0.717) is 18.9 Å². The molecule has 0 bridgehead atoms. The van der Waals surface area contributed by atoms with Crippen LogP contribution in [0.2, 0.25) is 0 Å². The minimum atomic E-state index is -0.702. The average Bonchev–Trinajstić information content (AvgIpc) is 3.06. The molecule has 0 atom stereocenters. The van der Waals surface area contributed by atoms with Crippen LogP contribution in [0.15, 0.2) is 18.3 Å². The number of hydrogen-bond donors (Lipinski definition) is 0. The molecular formula is C15H19N3O6. The Balaban J connectivity index is 2.54. The van der Waals surface area contributed by atoms with Gasteiger partial charge in [0, 0.05) is 26.4 Å². The summed E-state index contributed by atoms with van der Waals surface area (Å²) in [5.41, 5.74) is -0.0166. The van der Waals surface area contributed by atoms with Gasteiger partial charge in [-0.3, -0.25) is 10.1 Å². The summed E-state index contributed by atoms with van der Waals surface area (Å²) in [6, 6.07) is 2.74. The van der Waals surface area contributed by atoms with Crippen LogP contribution < -0.4 is 0 Å². The molecule has 1 aromatic rings. The normalized spacial score (nSPS) is 15.4. The minimum Gasteiger partial charge on any atom is -0.462 e. The van der Waals surface area contributed by atoms with Gasteiger partial charge >= 0.3 is 5.97 Å². The molecule has 2 heterocycles. The first kappa shape index (κ1) is 17.8. The second kappa shape index (κ2) is 7.84. The Morgan fingerprint density at radius 1 is 1.46 bits per heavy atom. The number of carbonyl (C=O) groups is 1. The van der Waals surface area contributed by atoms with Crippen LogP contribution in [-0.2, 0) is 19.0 Å². The molecule has 0 spiro atoms. The van der Waals surface area contributed by atoms with Gasteiger partial charge in [-0.05, 0) is 13.0 Å². The van der Waals surface area contributed by atoms with Crippen LogP contribution in [0, 0.1) is 10.1 Å². The van der Waals surface area contributed by atoms with Crippen LogP contribution in [0.4, 0.5) is 5.69 Å². The Labute approximate surface area is 139 Å². The molecular weight excluding hydrogens is 318 g/mol. The van der Waals surface area contributed by atoms with E-state index in [9.17, 15) is 14.9 Å². The van der Waals surface area contributed by atoms with Crippen molar-refractivity contribution in [3.8, 4) is 0 Å². The first-order valence-corrected chi connectivity index (χ1v) is 7.38. The molecule has 9 heteroatoms. The monoisotopic (exact) mass is 337 g/mol. The number of ether oxygens (including phenoxy) is 3. The fourth-order valence-corrected chi connectivity index (χ4v) is 2.15. The molecule has 1 fully saturated rings. The van der Waals surface area contributed by atoms with E-state index in [1.54, 1.807) is 25.9 Å². The summed E-state index contributed by atoms with van der Waals surface area (Å²) in [4.78, 5) is 28.8. The van der Waals surface area contributed by atoms with Crippen LogP contribution >= 0.6 is 0 Å². The molecule has 0 saturated carbocycles. The maximum absolute atomic E-state index is 12.2. The average molecular weight is 337 g/mol. The van der Waals surface area contributed by atoms with Crippen molar-refractivity contribution in [2.45, 2.75) is 13.2 Å². The molecule has 0 radical (unpaired) electrons. The Hall–Kier alpha value is -2.52. The lowest BCUT2D eigenvalue weighted by Gasteiger charge is -2.14. The highest BCUT2D eigenvalue weighted by atomic mass is 16.7. The molecule has 0 unspecified atom stereocenters. The lowest BCUT2D eigenvalue weighted by atomic mass is 10.1. The number of rotatable bonds is 6. The van der Waals surface area contributed by atoms with Gasteiger partial charge < -0.3 is 19.1 Å². The fourth-order valence-electron chi connectivity index (χ4n) is 2.15. The van der Waals surface area contributed by atoms with Gasteiger partial charge in [-0.15, -0.1) is 0 Å². The quantitative estimate of drug-likeness (QED) is 0.333. The summed E-state index contributed by atoms with van der Waals surface area (Å²) in [6.07, 6.45) is 0.736. The molecule has 1 aliphatic rings. The minimum absolute atomic E-state index is 0.00611. The zero-order valence-electron chi connectivity index (χ0n) is 13.7. The van der Waals surface area contributed by atoms with E-state index in [4.69, 9.17) is 14.2 Å². The predicted molar refractivity (Wildman–Crippen MR) is 83.8 cm³/mol. The molecule has 130 valence electrons. The Bertz CT molecular complexity index is 653. The second-order valence-electron chi connectivity index (χ2n) is 5.16. The third-order valence-electron chi connectivity index (χ3n) is 3.09. The Morgan fingerprint density at radius 2 is 2.12 bits per heavy atom. The first-order valence-electron chi connectivity index (χ1n) is 7.38. The smallest absolute Gasteiger partial charge is 0.342 e. The van der Waals surface area contributed by atoms with Crippen LogP contribution in [-0.4, -0.2) is 54.7 Å². The van der Waals surface area contributed by atoms with E-state index < -0.39 is 17.2 Å². The van der Waals surface area contributed by atoms with Gasteiger partial charge in [0.05, 0.1) is 30.4 Å². The molecule has 0 amide bonds. The zero-order chi connectivity index (χ0) is 17.7. The number of hydrogen-bond acceptors (Lipinski definition) is 8. The van der Waals surface area contributed by atoms with Crippen molar-refractivity contribution in [3.63, 3.8) is 0 Å². The lowest BCUT2D eigenvalue weighted by Crippen LogP contribution is -2.15. The molecule has 1 saturated heterocycles. The maximum atomic E-state index is 12.2. The number of aromatic nitrogens is 1. The highest BCUT2D eigenvalue weighted by molar-refractivity contribution is 6.16. The summed E-state index contributed by atoms with van der Waals surface area (Å²) in [6.45, 7) is 2.63. The van der Waals surface area contributed by atoms with Gasteiger partial charge in [0.15, 0.2) is 5.69 Å². The summed E-state index contributed by atoms with van der Waals surface area (Å²) < 4.78 is 15.7. The van der Waals surface area contributed by atoms with E-state index >= 15 is 0 Å². The predicted octanol–water partition coefficient (Wildman–Crippen LogP) is 1.50. The number of nitrogens with zero attached hydrogens (tertiary/aromatic N) is 3. The van der Waals surface area contributed by atoms with E-state index in [1.807, 2.05) is 0 Å². The number of nitro groups is 1. The number of pyridine rings is 1. The van der Waals surface area contributed by atoms with Crippen molar-refractivity contribution < 1.29 is 23.9 Å².